The Kier molecular flexibility index (Phi) is 3.14. The largest absolute Gasteiger partial charge is 0.508 e. The second kappa shape index (κ2) is 4.81. The number of aromatic hydroxyl groups is 2. The molecule has 4 heteroatoms. The van der Waals surface area contributed by atoms with Crippen LogP contribution in [-0.2, 0) is 21.0 Å². The first-order valence-corrected chi connectivity index (χ1v) is 8.92. The summed E-state index contributed by atoms with van der Waals surface area (Å²) in [5, 5.41) is 30.6. The van der Waals surface area contributed by atoms with E-state index in [4.69, 9.17) is 0 Å². The van der Waals surface area contributed by atoms with Crippen LogP contribution < -0.4 is 0 Å². The van der Waals surface area contributed by atoms with Crippen LogP contribution in [0.5, 0.6) is 11.5 Å². The molecule has 2 aromatic carbocycles. The second-order valence-electron chi connectivity index (χ2n) is 8.98. The molecule has 0 amide bonds. The molecule has 0 fully saturated rings. The number of carboxylic acids is 1. The number of aliphatic carboxylic acids is 1. The number of benzene rings is 2. The maximum absolute atomic E-state index is 12.5. The molecule has 0 bridgehead atoms. The van der Waals surface area contributed by atoms with E-state index in [0.717, 1.165) is 22.3 Å². The molecular weight excluding hydrogens is 328 g/mol. The number of hydrogen-bond donors (Lipinski definition) is 3. The summed E-state index contributed by atoms with van der Waals surface area (Å²) in [6.07, 6.45) is 0.621. The van der Waals surface area contributed by atoms with E-state index >= 15 is 0 Å². The van der Waals surface area contributed by atoms with Gasteiger partial charge in [-0.15, -0.1) is 0 Å². The predicted molar refractivity (Wildman–Crippen MR) is 98.8 cm³/mol. The van der Waals surface area contributed by atoms with E-state index in [9.17, 15) is 20.1 Å². The zero-order valence-corrected chi connectivity index (χ0v) is 15.5. The predicted octanol–water partition coefficient (Wildman–Crippen LogP) is 4.06. The Morgan fingerprint density at radius 3 is 1.92 bits per heavy atom. The number of rotatable bonds is 1. The fourth-order valence-corrected chi connectivity index (χ4v) is 5.79. The van der Waals surface area contributed by atoms with E-state index in [0.29, 0.717) is 6.42 Å². The van der Waals surface area contributed by atoms with Gasteiger partial charge in [0.05, 0.1) is 5.92 Å². The van der Waals surface area contributed by atoms with Crippen molar-refractivity contribution < 1.29 is 20.1 Å². The topological polar surface area (TPSA) is 77.8 Å². The first-order valence-electron chi connectivity index (χ1n) is 8.92. The molecule has 0 aromatic heterocycles. The van der Waals surface area contributed by atoms with Crippen molar-refractivity contribution in [1.29, 1.82) is 0 Å². The zero-order chi connectivity index (χ0) is 19.1. The summed E-state index contributed by atoms with van der Waals surface area (Å²) in [6, 6.07) is 10.5. The summed E-state index contributed by atoms with van der Waals surface area (Å²) < 4.78 is 0. The van der Waals surface area contributed by atoms with Crippen LogP contribution in [0.15, 0.2) is 36.4 Å². The Labute approximate surface area is 153 Å². The van der Waals surface area contributed by atoms with E-state index in [2.05, 4.69) is 13.8 Å². The van der Waals surface area contributed by atoms with E-state index in [1.54, 1.807) is 24.3 Å². The number of carbonyl (C=O) groups is 1. The van der Waals surface area contributed by atoms with Crippen molar-refractivity contribution >= 4 is 5.97 Å². The SMILES string of the molecule is CC1(C)CC2(c3cc(O)ccc31)c1cc(O)ccc1C(C)(C)C2C(=O)O. The van der Waals surface area contributed by atoms with Crippen LogP contribution in [0.25, 0.3) is 0 Å². The molecule has 136 valence electrons. The van der Waals surface area contributed by atoms with E-state index in [1.165, 1.54) is 0 Å². The van der Waals surface area contributed by atoms with Crippen LogP contribution >= 0.6 is 0 Å². The highest BCUT2D eigenvalue weighted by Gasteiger charge is 2.65. The molecule has 0 heterocycles. The minimum Gasteiger partial charge on any atom is -0.508 e. The van der Waals surface area contributed by atoms with Crippen LogP contribution in [0.1, 0.15) is 56.4 Å². The average molecular weight is 352 g/mol. The zero-order valence-electron chi connectivity index (χ0n) is 15.5. The lowest BCUT2D eigenvalue weighted by Gasteiger charge is -2.37. The summed E-state index contributed by atoms with van der Waals surface area (Å²) in [5.74, 6) is -1.26. The van der Waals surface area contributed by atoms with Crippen LogP contribution in [0.4, 0.5) is 0 Å². The van der Waals surface area contributed by atoms with Crippen LogP contribution in [-0.4, -0.2) is 21.3 Å². The molecule has 0 saturated carbocycles. The minimum atomic E-state index is -0.849. The summed E-state index contributed by atoms with van der Waals surface area (Å²) in [6.45, 7) is 8.16. The van der Waals surface area contributed by atoms with Gasteiger partial charge in [0, 0.05) is 10.8 Å². The van der Waals surface area contributed by atoms with Crippen molar-refractivity contribution in [3.05, 3.63) is 58.7 Å². The van der Waals surface area contributed by atoms with Gasteiger partial charge in [-0.2, -0.15) is 0 Å². The second-order valence-corrected chi connectivity index (χ2v) is 8.98. The van der Waals surface area contributed by atoms with Crippen molar-refractivity contribution in [2.24, 2.45) is 5.92 Å². The summed E-state index contributed by atoms with van der Waals surface area (Å²) in [7, 11) is 0. The van der Waals surface area contributed by atoms with Gasteiger partial charge >= 0.3 is 5.97 Å². The highest BCUT2D eigenvalue weighted by atomic mass is 16.4. The molecule has 1 spiro atoms. The summed E-state index contributed by atoms with van der Waals surface area (Å²) in [5.41, 5.74) is 2.14. The van der Waals surface area contributed by atoms with Crippen molar-refractivity contribution in [3.8, 4) is 11.5 Å². The molecule has 0 radical (unpaired) electrons. The number of fused-ring (bicyclic) bond motifs is 4. The van der Waals surface area contributed by atoms with Gasteiger partial charge in [0.2, 0.25) is 0 Å². The maximum Gasteiger partial charge on any atom is 0.308 e. The van der Waals surface area contributed by atoms with Gasteiger partial charge < -0.3 is 15.3 Å². The third-order valence-corrected chi connectivity index (χ3v) is 6.57. The molecule has 2 aliphatic rings. The van der Waals surface area contributed by atoms with E-state index in [-0.39, 0.29) is 16.9 Å². The van der Waals surface area contributed by atoms with Gasteiger partial charge in [-0.1, -0.05) is 39.8 Å². The Balaban J connectivity index is 2.15. The lowest BCUT2D eigenvalue weighted by Crippen LogP contribution is -2.43. The standard InChI is InChI=1S/C22H24O4/c1-20(2)11-22(16-9-12(23)5-7-14(16)20)17-10-13(24)6-8-15(17)21(3,4)18(22)19(25)26/h5-10,18,23-24H,11H2,1-4H3,(H,25,26). The fourth-order valence-electron chi connectivity index (χ4n) is 5.79. The molecule has 4 nitrogen and oxygen atoms in total. The van der Waals surface area contributed by atoms with Crippen molar-refractivity contribution in [1.82, 2.24) is 0 Å². The monoisotopic (exact) mass is 352 g/mol. The Morgan fingerprint density at radius 1 is 0.885 bits per heavy atom. The van der Waals surface area contributed by atoms with Gasteiger partial charge in [-0.05, 0) is 58.4 Å². The van der Waals surface area contributed by atoms with Gasteiger partial charge in [-0.3, -0.25) is 4.79 Å². The van der Waals surface area contributed by atoms with Crippen LogP contribution in [0.3, 0.4) is 0 Å². The molecule has 2 unspecified atom stereocenters. The molecule has 0 aliphatic heterocycles. The van der Waals surface area contributed by atoms with Gasteiger partial charge in [-0.25, -0.2) is 0 Å². The third kappa shape index (κ3) is 1.87. The Hall–Kier alpha value is -2.49. The quantitative estimate of drug-likeness (QED) is 0.723. The van der Waals surface area contributed by atoms with Crippen LogP contribution in [0, 0.1) is 5.92 Å². The third-order valence-electron chi connectivity index (χ3n) is 6.57. The van der Waals surface area contributed by atoms with Gasteiger partial charge in [0.25, 0.3) is 0 Å². The van der Waals surface area contributed by atoms with E-state index in [1.807, 2.05) is 26.0 Å². The lowest BCUT2D eigenvalue weighted by molar-refractivity contribution is -0.145. The molecule has 26 heavy (non-hydrogen) atoms. The fraction of sp³-hybridized carbons (Fsp3) is 0.409. The molecule has 2 aliphatic carbocycles. The van der Waals surface area contributed by atoms with Gasteiger partial charge in [0.1, 0.15) is 11.5 Å². The number of carboxylic acid groups (broad SMARTS) is 1. The molecular formula is C22H24O4. The van der Waals surface area contributed by atoms with Gasteiger partial charge in [0.15, 0.2) is 0 Å². The summed E-state index contributed by atoms with van der Waals surface area (Å²) >= 11 is 0. The van der Waals surface area contributed by atoms with Crippen molar-refractivity contribution in [2.75, 3.05) is 0 Å². The lowest BCUT2D eigenvalue weighted by atomic mass is 9.64. The molecule has 0 saturated heterocycles. The number of phenolic OH excluding ortho intramolecular Hbond substituents is 2. The molecule has 4 rings (SSSR count). The number of phenols is 2. The highest BCUT2D eigenvalue weighted by Crippen LogP contribution is 2.66. The van der Waals surface area contributed by atoms with Crippen molar-refractivity contribution in [3.63, 3.8) is 0 Å². The van der Waals surface area contributed by atoms with Crippen molar-refractivity contribution in [2.45, 2.75) is 50.4 Å². The Bertz CT molecular complexity index is 925. The smallest absolute Gasteiger partial charge is 0.308 e. The van der Waals surface area contributed by atoms with Crippen LogP contribution in [0.2, 0.25) is 0 Å². The molecule has 2 aromatic rings. The molecule has 2 atom stereocenters. The minimum absolute atomic E-state index is 0.136. The first kappa shape index (κ1) is 17.0. The summed E-state index contributed by atoms with van der Waals surface area (Å²) in [4.78, 5) is 12.5. The van der Waals surface area contributed by atoms with E-state index < -0.39 is 22.7 Å². The molecule has 3 N–H and O–H groups in total. The average Bonchev–Trinajstić information content (AvgIpc) is 2.85. The highest BCUT2D eigenvalue weighted by molar-refractivity contribution is 5.81. The maximum atomic E-state index is 12.5. The Morgan fingerprint density at radius 2 is 1.38 bits per heavy atom. The normalized spacial score (nSPS) is 27.3. The first-order chi connectivity index (χ1) is 12.0. The number of hydrogen-bond acceptors (Lipinski definition) is 3.